The van der Waals surface area contributed by atoms with Crippen molar-refractivity contribution in [3.8, 4) is 0 Å². The third-order valence-electron chi connectivity index (χ3n) is 5.98. The molecule has 1 aromatic carbocycles. The van der Waals surface area contributed by atoms with Gasteiger partial charge in [-0.2, -0.15) is 5.10 Å². The minimum absolute atomic E-state index is 0.158. The van der Waals surface area contributed by atoms with Gasteiger partial charge in [-0.3, -0.25) is 0 Å². The quantitative estimate of drug-likeness (QED) is 0.790. The van der Waals surface area contributed by atoms with E-state index in [1.807, 2.05) is 6.07 Å². The van der Waals surface area contributed by atoms with Crippen LogP contribution in [0.4, 0.5) is 0 Å². The van der Waals surface area contributed by atoms with Gasteiger partial charge < -0.3 is 0 Å². The molecule has 0 spiro atoms. The number of rotatable bonds is 3. The van der Waals surface area contributed by atoms with Crippen molar-refractivity contribution >= 4 is 11.8 Å². The molecule has 0 radical (unpaired) electrons. The van der Waals surface area contributed by atoms with Crippen LogP contribution in [-0.2, 0) is 11.2 Å². The Bertz CT molecular complexity index is 714. The Morgan fingerprint density at radius 2 is 1.91 bits per heavy atom. The van der Waals surface area contributed by atoms with E-state index in [1.165, 1.54) is 24.1 Å². The predicted octanol–water partition coefficient (Wildman–Crippen LogP) is 4.34. The maximum Gasteiger partial charge on any atom is 0.209 e. The van der Waals surface area contributed by atoms with Crippen LogP contribution >= 0.6 is 11.8 Å². The fourth-order valence-electron chi connectivity index (χ4n) is 4.15. The maximum atomic E-state index is 4.91. The van der Waals surface area contributed by atoms with Crippen molar-refractivity contribution < 1.29 is 0 Å². The SMILES string of the molecule is CC1(C)[C@@H]2CC[C@]1(C)c1nc(SCc3ccccc3)nnc12. The van der Waals surface area contributed by atoms with Crippen molar-refractivity contribution in [2.24, 2.45) is 5.41 Å². The summed E-state index contributed by atoms with van der Waals surface area (Å²) in [6.45, 7) is 7.09. The first-order valence-corrected chi connectivity index (χ1v) is 8.93. The molecule has 0 unspecified atom stereocenters. The zero-order chi connectivity index (χ0) is 15.4. The monoisotopic (exact) mass is 311 g/mol. The lowest BCUT2D eigenvalue weighted by molar-refractivity contribution is 0.226. The van der Waals surface area contributed by atoms with Crippen molar-refractivity contribution in [3.63, 3.8) is 0 Å². The summed E-state index contributed by atoms with van der Waals surface area (Å²) in [6, 6.07) is 10.5. The van der Waals surface area contributed by atoms with E-state index in [1.54, 1.807) is 11.8 Å². The van der Waals surface area contributed by atoms with Crippen LogP contribution in [0.1, 0.15) is 56.5 Å². The highest BCUT2D eigenvalue weighted by Crippen LogP contribution is 2.66. The lowest BCUT2D eigenvalue weighted by atomic mass is 9.70. The molecule has 4 heteroatoms. The molecule has 1 saturated carbocycles. The number of hydrogen-bond acceptors (Lipinski definition) is 4. The van der Waals surface area contributed by atoms with Gasteiger partial charge in [0.1, 0.15) is 0 Å². The normalized spacial score (nSPS) is 27.9. The summed E-state index contributed by atoms with van der Waals surface area (Å²) in [5.41, 5.74) is 4.07. The van der Waals surface area contributed by atoms with E-state index in [0.717, 1.165) is 16.6 Å². The van der Waals surface area contributed by atoms with Crippen molar-refractivity contribution in [1.82, 2.24) is 15.2 Å². The molecule has 114 valence electrons. The molecule has 0 aliphatic heterocycles. The molecule has 3 nitrogen and oxygen atoms in total. The highest BCUT2D eigenvalue weighted by atomic mass is 32.2. The number of aromatic nitrogens is 3. The van der Waals surface area contributed by atoms with E-state index in [9.17, 15) is 0 Å². The van der Waals surface area contributed by atoms with Crippen LogP contribution in [0.5, 0.6) is 0 Å². The smallest absolute Gasteiger partial charge is 0.209 e. The molecule has 1 fully saturated rings. The van der Waals surface area contributed by atoms with E-state index in [0.29, 0.717) is 5.92 Å². The van der Waals surface area contributed by atoms with Gasteiger partial charge in [0.15, 0.2) is 0 Å². The van der Waals surface area contributed by atoms with E-state index in [4.69, 9.17) is 4.98 Å². The molecular formula is C18H21N3S. The van der Waals surface area contributed by atoms with Crippen LogP contribution in [-0.4, -0.2) is 15.2 Å². The summed E-state index contributed by atoms with van der Waals surface area (Å²) in [5, 5.41) is 9.76. The molecule has 1 aromatic heterocycles. The topological polar surface area (TPSA) is 38.7 Å². The first-order chi connectivity index (χ1) is 10.5. The highest BCUT2D eigenvalue weighted by molar-refractivity contribution is 7.98. The second-order valence-corrected chi connectivity index (χ2v) is 8.19. The zero-order valence-electron chi connectivity index (χ0n) is 13.3. The average molecular weight is 311 g/mol. The van der Waals surface area contributed by atoms with E-state index in [-0.39, 0.29) is 10.8 Å². The van der Waals surface area contributed by atoms with Crippen LogP contribution < -0.4 is 0 Å². The lowest BCUT2D eigenvalue weighted by Crippen LogP contribution is -2.32. The third-order valence-corrected chi connectivity index (χ3v) is 6.89. The largest absolute Gasteiger partial charge is 0.224 e. The molecule has 4 rings (SSSR count). The van der Waals surface area contributed by atoms with Crippen molar-refractivity contribution in [2.45, 2.75) is 55.9 Å². The fourth-order valence-corrected chi connectivity index (χ4v) is 4.89. The molecule has 0 amide bonds. The van der Waals surface area contributed by atoms with Crippen molar-refractivity contribution in [1.29, 1.82) is 0 Å². The van der Waals surface area contributed by atoms with Crippen molar-refractivity contribution in [2.75, 3.05) is 0 Å². The number of thioether (sulfide) groups is 1. The first-order valence-electron chi connectivity index (χ1n) is 7.94. The molecule has 0 N–H and O–H groups in total. The Hall–Kier alpha value is -1.42. The van der Waals surface area contributed by atoms with Gasteiger partial charge in [-0.15, -0.1) is 5.10 Å². The van der Waals surface area contributed by atoms with E-state index < -0.39 is 0 Å². The Balaban J connectivity index is 1.62. The van der Waals surface area contributed by atoms with Gasteiger partial charge in [-0.05, 0) is 23.8 Å². The number of benzene rings is 1. The molecule has 2 aromatic rings. The molecule has 2 aliphatic carbocycles. The first kappa shape index (κ1) is 14.2. The van der Waals surface area contributed by atoms with Gasteiger partial charge in [-0.1, -0.05) is 62.9 Å². The Morgan fingerprint density at radius 3 is 2.68 bits per heavy atom. The molecule has 2 bridgehead atoms. The Morgan fingerprint density at radius 1 is 1.14 bits per heavy atom. The van der Waals surface area contributed by atoms with Crippen LogP contribution in [0.25, 0.3) is 0 Å². The van der Waals surface area contributed by atoms with Gasteiger partial charge in [0.2, 0.25) is 5.16 Å². The van der Waals surface area contributed by atoms with Gasteiger partial charge in [0, 0.05) is 17.1 Å². The minimum atomic E-state index is 0.158. The minimum Gasteiger partial charge on any atom is -0.224 e. The number of hydrogen-bond donors (Lipinski definition) is 0. The summed E-state index contributed by atoms with van der Waals surface area (Å²) in [7, 11) is 0. The van der Waals surface area contributed by atoms with Gasteiger partial charge in [-0.25, -0.2) is 4.98 Å². The molecule has 0 saturated heterocycles. The van der Waals surface area contributed by atoms with Crippen LogP contribution in [0.2, 0.25) is 0 Å². The predicted molar refractivity (Wildman–Crippen MR) is 88.9 cm³/mol. The summed E-state index contributed by atoms with van der Waals surface area (Å²) < 4.78 is 0. The van der Waals surface area contributed by atoms with E-state index in [2.05, 4.69) is 55.2 Å². The number of fused-ring (bicyclic) bond motifs is 5. The zero-order valence-corrected chi connectivity index (χ0v) is 14.2. The van der Waals surface area contributed by atoms with Gasteiger partial charge in [0.25, 0.3) is 0 Å². The lowest BCUT2D eigenvalue weighted by Gasteiger charge is -2.33. The summed E-state index contributed by atoms with van der Waals surface area (Å²) in [5.74, 6) is 1.42. The van der Waals surface area contributed by atoms with Crippen molar-refractivity contribution in [3.05, 3.63) is 47.3 Å². The second-order valence-electron chi connectivity index (χ2n) is 7.25. The van der Waals surface area contributed by atoms with Crippen LogP contribution in [0, 0.1) is 5.41 Å². The van der Waals surface area contributed by atoms with Gasteiger partial charge in [0.05, 0.1) is 11.4 Å². The van der Waals surface area contributed by atoms with Crippen LogP contribution in [0.15, 0.2) is 35.5 Å². The summed E-state index contributed by atoms with van der Waals surface area (Å²) >= 11 is 1.68. The highest BCUT2D eigenvalue weighted by Gasteiger charge is 2.61. The molecular weight excluding hydrogens is 290 g/mol. The van der Waals surface area contributed by atoms with Crippen LogP contribution in [0.3, 0.4) is 0 Å². The molecule has 2 atom stereocenters. The molecule has 1 heterocycles. The molecule has 22 heavy (non-hydrogen) atoms. The fraction of sp³-hybridized carbons (Fsp3) is 0.500. The summed E-state index contributed by atoms with van der Waals surface area (Å²) in [4.78, 5) is 4.91. The molecule has 2 aliphatic rings. The standard InChI is InChI=1S/C18H21N3S/c1-17(2)13-9-10-18(17,3)15-14(13)20-21-16(19-15)22-11-12-7-5-4-6-8-12/h4-8,13H,9-11H2,1-3H3/t13-,18-/m1/s1. The van der Waals surface area contributed by atoms with Gasteiger partial charge >= 0.3 is 0 Å². The third kappa shape index (κ3) is 1.86. The number of nitrogens with zero attached hydrogens (tertiary/aromatic N) is 3. The second kappa shape index (κ2) is 4.79. The maximum absolute atomic E-state index is 4.91. The Labute approximate surface area is 136 Å². The summed E-state index contributed by atoms with van der Waals surface area (Å²) in [6.07, 6.45) is 2.45. The Kier molecular flexibility index (Phi) is 3.09. The average Bonchev–Trinajstić information content (AvgIpc) is 2.86. The van der Waals surface area contributed by atoms with E-state index >= 15 is 0 Å².